The molecular weight excluding hydrogens is 280 g/mol. The number of hydrogen-bond donors (Lipinski definition) is 2. The van der Waals surface area contributed by atoms with Crippen LogP contribution in [0.5, 0.6) is 0 Å². The summed E-state index contributed by atoms with van der Waals surface area (Å²) in [6.45, 7) is 5.46. The lowest BCUT2D eigenvalue weighted by molar-refractivity contribution is -0.119. The molecule has 6 heteroatoms. The van der Waals surface area contributed by atoms with Gasteiger partial charge in [0.25, 0.3) is 0 Å². The van der Waals surface area contributed by atoms with Gasteiger partial charge < -0.3 is 19.9 Å². The summed E-state index contributed by atoms with van der Waals surface area (Å²) < 4.78 is 0. The van der Waals surface area contributed by atoms with E-state index < -0.39 is 6.10 Å². The number of anilines is 1. The van der Waals surface area contributed by atoms with Gasteiger partial charge in [-0.25, -0.2) is 4.98 Å². The zero-order valence-electron chi connectivity index (χ0n) is 13.0. The Hall–Kier alpha value is -1.92. The van der Waals surface area contributed by atoms with Crippen LogP contribution in [-0.4, -0.2) is 59.0 Å². The number of benzene rings is 1. The minimum atomic E-state index is -0.870. The molecule has 0 aliphatic carbocycles. The van der Waals surface area contributed by atoms with Crippen LogP contribution in [-0.2, 0) is 4.79 Å². The van der Waals surface area contributed by atoms with E-state index in [0.717, 1.165) is 42.9 Å². The van der Waals surface area contributed by atoms with Crippen molar-refractivity contribution in [1.82, 2.24) is 14.9 Å². The second kappa shape index (κ2) is 6.06. The van der Waals surface area contributed by atoms with Gasteiger partial charge in [-0.05, 0) is 26.1 Å². The zero-order valence-corrected chi connectivity index (χ0v) is 13.0. The summed E-state index contributed by atoms with van der Waals surface area (Å²) in [5.74, 6) is 0.416. The summed E-state index contributed by atoms with van der Waals surface area (Å²) in [4.78, 5) is 23.5. The van der Waals surface area contributed by atoms with E-state index in [9.17, 15) is 9.90 Å². The Morgan fingerprint density at radius 3 is 2.77 bits per heavy atom. The molecule has 0 saturated carbocycles. The van der Waals surface area contributed by atoms with E-state index in [0.29, 0.717) is 5.82 Å². The minimum absolute atomic E-state index is 0.0488. The number of fused-ring (bicyclic) bond motifs is 1. The molecule has 0 amide bonds. The molecule has 0 radical (unpaired) electrons. The first-order valence-electron chi connectivity index (χ1n) is 7.64. The number of aromatic amines is 1. The Morgan fingerprint density at radius 1 is 1.36 bits per heavy atom. The van der Waals surface area contributed by atoms with Crippen molar-refractivity contribution >= 4 is 22.5 Å². The number of hydrogen-bond acceptors (Lipinski definition) is 5. The van der Waals surface area contributed by atoms with E-state index in [1.807, 2.05) is 12.1 Å². The molecule has 0 spiro atoms. The van der Waals surface area contributed by atoms with Crippen molar-refractivity contribution in [2.24, 2.45) is 0 Å². The summed E-state index contributed by atoms with van der Waals surface area (Å²) in [6, 6.07) is 6.01. The monoisotopic (exact) mass is 302 g/mol. The van der Waals surface area contributed by atoms with E-state index in [2.05, 4.69) is 32.9 Å². The minimum Gasteiger partial charge on any atom is -0.385 e. The molecule has 3 rings (SSSR count). The normalized spacial score (nSPS) is 17.9. The third-order valence-electron chi connectivity index (χ3n) is 4.15. The molecule has 2 N–H and O–H groups in total. The molecule has 0 bridgehead atoms. The van der Waals surface area contributed by atoms with Gasteiger partial charge in [0.2, 0.25) is 0 Å². The average Bonchev–Trinajstić information content (AvgIpc) is 2.91. The number of piperazine rings is 1. The molecule has 1 aromatic heterocycles. The van der Waals surface area contributed by atoms with Crippen LogP contribution in [0.4, 0.5) is 5.69 Å². The second-order valence-electron chi connectivity index (χ2n) is 6.01. The van der Waals surface area contributed by atoms with Gasteiger partial charge in [0, 0.05) is 32.6 Å². The number of aliphatic hydroxyl groups is 1. The Bertz CT molecular complexity index is 674. The summed E-state index contributed by atoms with van der Waals surface area (Å²) in [6.07, 6.45) is -0.783. The number of ketones is 1. The molecule has 2 heterocycles. The number of Topliss-reactive ketones (excluding diaryl/α,β-unsaturated/α-hetero) is 1. The van der Waals surface area contributed by atoms with E-state index in [1.165, 1.54) is 6.92 Å². The van der Waals surface area contributed by atoms with Crippen molar-refractivity contribution in [3.05, 3.63) is 24.0 Å². The standard InChI is InChI=1S/C16H22N4O2/c1-11(21)10-14(22)16-17-12-4-3-5-13(15(12)18-16)20-8-6-19(2)7-9-20/h3-5,14,22H,6-10H2,1-2H3,(H,17,18). The van der Waals surface area contributed by atoms with E-state index in [1.54, 1.807) is 0 Å². The number of aliphatic hydroxyl groups excluding tert-OH is 1. The van der Waals surface area contributed by atoms with Crippen LogP contribution in [0.3, 0.4) is 0 Å². The van der Waals surface area contributed by atoms with Crippen molar-refractivity contribution in [2.75, 3.05) is 38.1 Å². The van der Waals surface area contributed by atoms with E-state index in [4.69, 9.17) is 0 Å². The highest BCUT2D eigenvalue weighted by atomic mass is 16.3. The molecule has 1 saturated heterocycles. The van der Waals surface area contributed by atoms with Crippen molar-refractivity contribution < 1.29 is 9.90 Å². The number of likely N-dealkylation sites (N-methyl/N-ethyl adjacent to an activating group) is 1. The summed E-state index contributed by atoms with van der Waals surface area (Å²) in [5.41, 5.74) is 2.85. The van der Waals surface area contributed by atoms with E-state index >= 15 is 0 Å². The predicted octanol–water partition coefficient (Wildman–Crippen LogP) is 1.33. The number of carbonyl (C=O) groups excluding carboxylic acids is 1. The van der Waals surface area contributed by atoms with Gasteiger partial charge in [0.05, 0.1) is 11.2 Å². The highest BCUT2D eigenvalue weighted by molar-refractivity contribution is 5.89. The van der Waals surface area contributed by atoms with Crippen LogP contribution in [0.1, 0.15) is 25.3 Å². The molecule has 1 aromatic carbocycles. The van der Waals surface area contributed by atoms with Crippen molar-refractivity contribution in [3.63, 3.8) is 0 Å². The van der Waals surface area contributed by atoms with Crippen LogP contribution in [0.2, 0.25) is 0 Å². The fourth-order valence-corrected chi connectivity index (χ4v) is 2.87. The third-order valence-corrected chi connectivity index (χ3v) is 4.15. The fraction of sp³-hybridized carbons (Fsp3) is 0.500. The lowest BCUT2D eigenvalue weighted by Crippen LogP contribution is -2.44. The third kappa shape index (κ3) is 2.98. The van der Waals surface area contributed by atoms with Crippen LogP contribution < -0.4 is 4.90 Å². The second-order valence-corrected chi connectivity index (χ2v) is 6.01. The highest BCUT2D eigenvalue weighted by Gasteiger charge is 2.20. The number of aromatic nitrogens is 2. The number of nitrogens with zero attached hydrogens (tertiary/aromatic N) is 3. The maximum absolute atomic E-state index is 11.2. The first kappa shape index (κ1) is 15.0. The largest absolute Gasteiger partial charge is 0.385 e. The van der Waals surface area contributed by atoms with Crippen LogP contribution in [0.25, 0.3) is 11.0 Å². The first-order chi connectivity index (χ1) is 10.5. The molecule has 118 valence electrons. The molecule has 1 unspecified atom stereocenters. The van der Waals surface area contributed by atoms with Gasteiger partial charge in [-0.1, -0.05) is 6.07 Å². The van der Waals surface area contributed by atoms with Gasteiger partial charge in [-0.2, -0.15) is 0 Å². The van der Waals surface area contributed by atoms with Crippen LogP contribution >= 0.6 is 0 Å². The van der Waals surface area contributed by atoms with Crippen molar-refractivity contribution in [2.45, 2.75) is 19.4 Å². The molecule has 1 aliphatic heterocycles. The quantitative estimate of drug-likeness (QED) is 0.891. The molecule has 6 nitrogen and oxygen atoms in total. The Labute approximate surface area is 129 Å². The molecule has 1 atom stereocenters. The predicted molar refractivity (Wildman–Crippen MR) is 86.1 cm³/mol. The molecule has 2 aromatic rings. The summed E-state index contributed by atoms with van der Waals surface area (Å²) in [5, 5.41) is 10.1. The van der Waals surface area contributed by atoms with Crippen LogP contribution in [0, 0.1) is 0 Å². The maximum Gasteiger partial charge on any atom is 0.136 e. The highest BCUT2D eigenvalue weighted by Crippen LogP contribution is 2.28. The van der Waals surface area contributed by atoms with Gasteiger partial charge in [0.15, 0.2) is 0 Å². The van der Waals surface area contributed by atoms with Crippen molar-refractivity contribution in [1.29, 1.82) is 0 Å². The number of para-hydroxylation sites is 1. The molecule has 22 heavy (non-hydrogen) atoms. The molecule has 1 aliphatic rings. The smallest absolute Gasteiger partial charge is 0.136 e. The van der Waals surface area contributed by atoms with Crippen LogP contribution in [0.15, 0.2) is 18.2 Å². The fourth-order valence-electron chi connectivity index (χ4n) is 2.87. The Balaban J connectivity index is 1.91. The number of nitrogens with one attached hydrogen (secondary N) is 1. The summed E-state index contributed by atoms with van der Waals surface area (Å²) >= 11 is 0. The first-order valence-corrected chi connectivity index (χ1v) is 7.64. The molecular formula is C16H22N4O2. The topological polar surface area (TPSA) is 72.5 Å². The lowest BCUT2D eigenvalue weighted by Gasteiger charge is -2.34. The summed E-state index contributed by atoms with van der Waals surface area (Å²) in [7, 11) is 2.13. The Morgan fingerprint density at radius 2 is 2.09 bits per heavy atom. The van der Waals surface area contributed by atoms with Gasteiger partial charge in [-0.15, -0.1) is 0 Å². The number of carbonyl (C=O) groups is 1. The maximum atomic E-state index is 11.2. The SMILES string of the molecule is CC(=O)CC(O)c1nc2c(N3CCN(C)CC3)cccc2[nH]1. The van der Waals surface area contributed by atoms with Gasteiger partial charge in [0.1, 0.15) is 23.2 Å². The Kier molecular flexibility index (Phi) is 4.13. The van der Waals surface area contributed by atoms with E-state index in [-0.39, 0.29) is 12.2 Å². The average molecular weight is 302 g/mol. The number of H-pyrrole nitrogens is 1. The zero-order chi connectivity index (χ0) is 15.7. The lowest BCUT2D eigenvalue weighted by atomic mass is 10.2. The number of rotatable bonds is 4. The molecule has 1 fully saturated rings. The number of imidazole rings is 1. The van der Waals surface area contributed by atoms with Crippen molar-refractivity contribution in [3.8, 4) is 0 Å². The van der Waals surface area contributed by atoms with Gasteiger partial charge >= 0.3 is 0 Å². The van der Waals surface area contributed by atoms with Gasteiger partial charge in [-0.3, -0.25) is 4.79 Å².